The summed E-state index contributed by atoms with van der Waals surface area (Å²) in [7, 11) is 0. The van der Waals surface area contributed by atoms with Gasteiger partial charge in [-0.1, -0.05) is 11.6 Å². The molecule has 1 heterocycles. The van der Waals surface area contributed by atoms with Crippen LogP contribution in [-0.4, -0.2) is 27.1 Å². The van der Waals surface area contributed by atoms with E-state index in [0.29, 0.717) is 16.5 Å². The van der Waals surface area contributed by atoms with Crippen molar-refractivity contribution in [3.8, 4) is 17.3 Å². The number of halogens is 1. The van der Waals surface area contributed by atoms with E-state index in [0.717, 1.165) is 31.2 Å². The first-order valence-electron chi connectivity index (χ1n) is 7.59. The lowest BCUT2D eigenvalue weighted by atomic mass is 10.1. The molecular weight excluding hydrogens is 316 g/mol. The van der Waals surface area contributed by atoms with Crippen LogP contribution < -0.4 is 4.74 Å². The Morgan fingerprint density at radius 2 is 1.87 bits per heavy atom. The predicted octanol–water partition coefficient (Wildman–Crippen LogP) is 4.13. The van der Waals surface area contributed by atoms with E-state index in [9.17, 15) is 9.90 Å². The third kappa shape index (κ3) is 3.45. The van der Waals surface area contributed by atoms with Crippen molar-refractivity contribution in [2.45, 2.75) is 38.7 Å². The van der Waals surface area contributed by atoms with Crippen LogP contribution >= 0.6 is 11.6 Å². The van der Waals surface area contributed by atoms with Crippen molar-refractivity contribution >= 4 is 17.6 Å². The number of carboxylic acids is 1. The fourth-order valence-corrected chi connectivity index (χ4v) is 2.90. The molecule has 0 saturated heterocycles. The quantitative estimate of drug-likeness (QED) is 0.911. The van der Waals surface area contributed by atoms with Gasteiger partial charge < -0.3 is 9.84 Å². The largest absolute Gasteiger partial charge is 0.477 e. The summed E-state index contributed by atoms with van der Waals surface area (Å²) < 4.78 is 5.88. The Hall–Kier alpha value is -2.14. The Bertz CT molecular complexity index is 725. The zero-order chi connectivity index (χ0) is 16.4. The molecule has 1 aliphatic rings. The molecule has 0 atom stereocenters. The van der Waals surface area contributed by atoms with Gasteiger partial charge in [-0.15, -0.1) is 0 Å². The highest BCUT2D eigenvalue weighted by Crippen LogP contribution is 2.29. The van der Waals surface area contributed by atoms with E-state index in [1.165, 1.54) is 0 Å². The van der Waals surface area contributed by atoms with E-state index in [1.807, 2.05) is 0 Å². The van der Waals surface area contributed by atoms with Crippen LogP contribution in [-0.2, 0) is 0 Å². The monoisotopic (exact) mass is 332 g/mol. The number of ether oxygens (including phenoxy) is 1. The first-order chi connectivity index (χ1) is 11.0. The van der Waals surface area contributed by atoms with Gasteiger partial charge in [0.25, 0.3) is 0 Å². The minimum Gasteiger partial charge on any atom is -0.477 e. The lowest BCUT2D eigenvalue weighted by Crippen LogP contribution is -2.17. The molecule has 0 amide bonds. The molecule has 1 aromatic heterocycles. The molecule has 6 heteroatoms. The highest BCUT2D eigenvalue weighted by Gasteiger charge is 2.24. The van der Waals surface area contributed by atoms with Gasteiger partial charge in [0, 0.05) is 10.6 Å². The van der Waals surface area contributed by atoms with Gasteiger partial charge in [-0.05, 0) is 56.9 Å². The summed E-state index contributed by atoms with van der Waals surface area (Å²) in [4.78, 5) is 20.2. The third-order valence-corrected chi connectivity index (χ3v) is 4.21. The average Bonchev–Trinajstić information content (AvgIpc) is 3.00. The molecule has 0 unspecified atom stereocenters. The van der Waals surface area contributed by atoms with Crippen molar-refractivity contribution in [2.75, 3.05) is 0 Å². The predicted molar refractivity (Wildman–Crippen MR) is 87.1 cm³/mol. The summed E-state index contributed by atoms with van der Waals surface area (Å²) in [5.41, 5.74) is 1.20. The van der Waals surface area contributed by atoms with Crippen molar-refractivity contribution in [2.24, 2.45) is 0 Å². The number of benzene rings is 1. The Balaban J connectivity index is 2.03. The second-order valence-electron chi connectivity index (χ2n) is 5.65. The number of carbonyl (C=O) groups is 1. The zero-order valence-electron chi connectivity index (χ0n) is 12.8. The molecule has 5 nitrogen and oxygen atoms in total. The molecular formula is C17H17ClN2O3. The van der Waals surface area contributed by atoms with Crippen LogP contribution in [0.1, 0.15) is 41.7 Å². The fraction of sp³-hybridized carbons (Fsp3) is 0.353. The van der Waals surface area contributed by atoms with Crippen molar-refractivity contribution < 1.29 is 14.6 Å². The number of aromatic carboxylic acids is 1. The van der Waals surface area contributed by atoms with Gasteiger partial charge in [0.2, 0.25) is 5.88 Å². The van der Waals surface area contributed by atoms with Gasteiger partial charge >= 0.3 is 5.97 Å². The molecule has 1 aromatic carbocycles. The van der Waals surface area contributed by atoms with E-state index >= 15 is 0 Å². The van der Waals surface area contributed by atoms with E-state index in [2.05, 4.69) is 9.97 Å². The number of rotatable bonds is 4. The molecule has 23 heavy (non-hydrogen) atoms. The highest BCUT2D eigenvalue weighted by molar-refractivity contribution is 6.30. The van der Waals surface area contributed by atoms with Crippen molar-refractivity contribution in [1.82, 2.24) is 9.97 Å². The lowest BCUT2D eigenvalue weighted by Gasteiger charge is -2.16. The lowest BCUT2D eigenvalue weighted by molar-refractivity contribution is 0.0686. The number of hydrogen-bond acceptors (Lipinski definition) is 4. The summed E-state index contributed by atoms with van der Waals surface area (Å²) in [6.45, 7) is 1.66. The number of nitrogens with zero attached hydrogens (tertiary/aromatic N) is 2. The summed E-state index contributed by atoms with van der Waals surface area (Å²) in [6.07, 6.45) is 4.08. The highest BCUT2D eigenvalue weighted by atomic mass is 35.5. The first kappa shape index (κ1) is 15.7. The standard InChI is InChI=1S/C17H17ClN2O3/c1-10-14(17(21)22)16(23-13-4-2-3-5-13)20-15(19-10)11-6-8-12(18)9-7-11/h6-9,13H,2-5H2,1H3,(H,21,22). The maximum absolute atomic E-state index is 11.5. The molecule has 0 spiro atoms. The van der Waals surface area contributed by atoms with E-state index in [4.69, 9.17) is 16.3 Å². The van der Waals surface area contributed by atoms with Crippen LogP contribution in [0, 0.1) is 6.92 Å². The molecule has 0 bridgehead atoms. The molecule has 2 aromatic rings. The molecule has 1 aliphatic carbocycles. The summed E-state index contributed by atoms with van der Waals surface area (Å²) >= 11 is 5.90. The van der Waals surface area contributed by atoms with Crippen LogP contribution in [0.5, 0.6) is 5.88 Å². The van der Waals surface area contributed by atoms with E-state index in [1.54, 1.807) is 31.2 Å². The molecule has 3 rings (SSSR count). The van der Waals surface area contributed by atoms with Gasteiger partial charge in [-0.25, -0.2) is 9.78 Å². The van der Waals surface area contributed by atoms with Gasteiger partial charge in [-0.3, -0.25) is 0 Å². The van der Waals surface area contributed by atoms with Gasteiger partial charge in [0.05, 0.1) is 5.69 Å². The molecule has 1 N–H and O–H groups in total. The van der Waals surface area contributed by atoms with Crippen LogP contribution in [0.25, 0.3) is 11.4 Å². The van der Waals surface area contributed by atoms with E-state index in [-0.39, 0.29) is 17.5 Å². The Labute approximate surface area is 139 Å². The second kappa shape index (κ2) is 6.54. The first-order valence-corrected chi connectivity index (χ1v) is 7.97. The van der Waals surface area contributed by atoms with Crippen LogP contribution in [0.3, 0.4) is 0 Å². The molecule has 1 fully saturated rings. The second-order valence-corrected chi connectivity index (χ2v) is 6.09. The minimum absolute atomic E-state index is 0.0282. The number of hydrogen-bond donors (Lipinski definition) is 1. The van der Waals surface area contributed by atoms with Crippen molar-refractivity contribution in [1.29, 1.82) is 0 Å². The summed E-state index contributed by atoms with van der Waals surface area (Å²) in [5, 5.41) is 10.1. The summed E-state index contributed by atoms with van der Waals surface area (Å²) in [6, 6.07) is 7.10. The SMILES string of the molecule is Cc1nc(-c2ccc(Cl)cc2)nc(OC2CCCC2)c1C(=O)O. The smallest absolute Gasteiger partial charge is 0.343 e. The minimum atomic E-state index is -1.07. The van der Waals surface area contributed by atoms with Crippen LogP contribution in [0.2, 0.25) is 5.02 Å². The summed E-state index contributed by atoms with van der Waals surface area (Å²) in [5.74, 6) is -0.475. The third-order valence-electron chi connectivity index (χ3n) is 3.95. The Morgan fingerprint density at radius 3 is 2.48 bits per heavy atom. The van der Waals surface area contributed by atoms with E-state index < -0.39 is 5.97 Å². The molecule has 1 saturated carbocycles. The van der Waals surface area contributed by atoms with Crippen molar-refractivity contribution in [3.05, 3.63) is 40.5 Å². The fourth-order valence-electron chi connectivity index (χ4n) is 2.77. The average molecular weight is 333 g/mol. The van der Waals surface area contributed by atoms with Gasteiger partial charge in [0.1, 0.15) is 11.7 Å². The zero-order valence-corrected chi connectivity index (χ0v) is 13.5. The Kier molecular flexibility index (Phi) is 4.48. The Morgan fingerprint density at radius 1 is 1.22 bits per heavy atom. The molecule has 0 aliphatic heterocycles. The number of aryl methyl sites for hydroxylation is 1. The number of carboxylic acid groups (broad SMARTS) is 1. The maximum Gasteiger partial charge on any atom is 0.343 e. The van der Waals surface area contributed by atoms with Crippen molar-refractivity contribution in [3.63, 3.8) is 0 Å². The molecule has 120 valence electrons. The maximum atomic E-state index is 11.5. The van der Waals surface area contributed by atoms with Crippen LogP contribution in [0.15, 0.2) is 24.3 Å². The van der Waals surface area contributed by atoms with Crippen LogP contribution in [0.4, 0.5) is 0 Å². The van der Waals surface area contributed by atoms with Gasteiger partial charge in [-0.2, -0.15) is 4.98 Å². The number of aromatic nitrogens is 2. The normalized spacial score (nSPS) is 14.9. The topological polar surface area (TPSA) is 72.3 Å². The van der Waals surface area contributed by atoms with Gasteiger partial charge in [0.15, 0.2) is 5.82 Å². The molecule has 0 radical (unpaired) electrons.